The Hall–Kier alpha value is -2.56. The van der Waals surface area contributed by atoms with E-state index in [1.54, 1.807) is 20.8 Å². The first kappa shape index (κ1) is 25.1. The Bertz CT molecular complexity index is 1120. The van der Waals surface area contributed by atoms with E-state index in [1.165, 1.54) is 11.3 Å². The lowest BCUT2D eigenvalue weighted by atomic mass is 9.92. The summed E-state index contributed by atoms with van der Waals surface area (Å²) in [4.78, 5) is 15.0. The number of benzene rings is 1. The van der Waals surface area contributed by atoms with Gasteiger partial charge in [0.1, 0.15) is 23.3 Å². The molecule has 8 nitrogen and oxygen atoms in total. The molecule has 2 aliphatic heterocycles. The van der Waals surface area contributed by atoms with E-state index in [1.807, 2.05) is 10.9 Å². The Labute approximate surface area is 209 Å². The molecule has 0 saturated carbocycles. The van der Waals surface area contributed by atoms with Crippen molar-refractivity contribution in [1.29, 1.82) is 0 Å². The molecule has 2 unspecified atom stereocenters. The second-order valence-electron chi connectivity index (χ2n) is 11.1. The molecule has 2 N–H and O–H groups in total. The van der Waals surface area contributed by atoms with Crippen molar-refractivity contribution < 1.29 is 28.2 Å². The standard InChI is InChI=1S/C26H34F2N4O4/c1-26(2,3)36-25(34)30-22-10-17(14-35-24(22)18-9-16(27)4-5-21(18)28)31-12-15-8-23-19(20(15)13-31)11-29-32(23)6-7-33/h4-5,9,11,15,17,20,22,24,33H,6-8,10,12-14H2,1-3H3,(H,30,34)/t15?,17-,20?,22+,24-/m1/s1. The molecule has 2 aromatic rings. The number of halogens is 2. The van der Waals surface area contributed by atoms with Crippen LogP contribution in [0.2, 0.25) is 0 Å². The molecular weight excluding hydrogens is 470 g/mol. The maximum Gasteiger partial charge on any atom is 0.407 e. The zero-order valence-corrected chi connectivity index (χ0v) is 20.9. The average molecular weight is 505 g/mol. The number of carbonyl (C=O) groups is 1. The van der Waals surface area contributed by atoms with Crippen LogP contribution in [0.4, 0.5) is 13.6 Å². The molecule has 1 aromatic carbocycles. The van der Waals surface area contributed by atoms with E-state index in [-0.39, 0.29) is 18.2 Å². The summed E-state index contributed by atoms with van der Waals surface area (Å²) >= 11 is 0. The predicted molar refractivity (Wildman–Crippen MR) is 127 cm³/mol. The van der Waals surface area contributed by atoms with Crippen molar-refractivity contribution in [1.82, 2.24) is 20.0 Å². The number of likely N-dealkylation sites (tertiary alicyclic amines) is 1. The molecule has 0 spiro atoms. The molecule has 1 amide bonds. The minimum absolute atomic E-state index is 0.0133. The lowest BCUT2D eigenvalue weighted by Gasteiger charge is -2.41. The van der Waals surface area contributed by atoms with Crippen LogP contribution in [0.5, 0.6) is 0 Å². The largest absolute Gasteiger partial charge is 0.444 e. The number of amides is 1. The van der Waals surface area contributed by atoms with Gasteiger partial charge in [0.05, 0.1) is 32.0 Å². The number of carbonyl (C=O) groups excluding carboxylic acids is 1. The molecule has 3 heterocycles. The highest BCUT2D eigenvalue weighted by Gasteiger charge is 2.46. The second-order valence-corrected chi connectivity index (χ2v) is 11.1. The van der Waals surface area contributed by atoms with Crippen LogP contribution in [0.1, 0.15) is 56.0 Å². The summed E-state index contributed by atoms with van der Waals surface area (Å²) in [5.74, 6) is -0.307. The second kappa shape index (κ2) is 9.72. The molecule has 0 radical (unpaired) electrons. The molecule has 5 rings (SSSR count). The highest BCUT2D eigenvalue weighted by Crippen LogP contribution is 2.44. The van der Waals surface area contributed by atoms with Crippen molar-refractivity contribution in [2.75, 3.05) is 26.3 Å². The lowest BCUT2D eigenvalue weighted by molar-refractivity contribution is -0.0580. The van der Waals surface area contributed by atoms with Crippen molar-refractivity contribution in [3.05, 3.63) is 52.9 Å². The number of hydrogen-bond donors (Lipinski definition) is 2. The average Bonchev–Trinajstić information content (AvgIpc) is 3.47. The fraction of sp³-hybridized carbons (Fsp3) is 0.615. The number of nitrogens with zero attached hydrogens (tertiary/aromatic N) is 3. The molecule has 2 saturated heterocycles. The Morgan fingerprint density at radius 1 is 1.28 bits per heavy atom. The van der Waals surface area contributed by atoms with Gasteiger partial charge in [-0.1, -0.05) is 0 Å². The van der Waals surface area contributed by atoms with Gasteiger partial charge in [0, 0.05) is 36.3 Å². The minimum atomic E-state index is -0.824. The Balaban J connectivity index is 1.32. The molecule has 196 valence electrons. The number of alkyl carbamates (subject to hydrolysis) is 1. The molecule has 10 heteroatoms. The number of rotatable bonds is 5. The van der Waals surface area contributed by atoms with E-state index < -0.39 is 35.5 Å². The summed E-state index contributed by atoms with van der Waals surface area (Å²) in [7, 11) is 0. The number of aromatic nitrogens is 2. The van der Waals surface area contributed by atoms with E-state index in [0.717, 1.165) is 37.7 Å². The van der Waals surface area contributed by atoms with Gasteiger partial charge in [0.2, 0.25) is 0 Å². The van der Waals surface area contributed by atoms with Crippen molar-refractivity contribution in [3.63, 3.8) is 0 Å². The molecule has 3 aliphatic rings. The van der Waals surface area contributed by atoms with Crippen molar-refractivity contribution in [2.45, 2.75) is 69.9 Å². The van der Waals surface area contributed by atoms with Gasteiger partial charge >= 0.3 is 6.09 Å². The smallest absolute Gasteiger partial charge is 0.407 e. The maximum atomic E-state index is 14.7. The van der Waals surface area contributed by atoms with E-state index in [0.29, 0.717) is 31.4 Å². The van der Waals surface area contributed by atoms with Gasteiger partial charge in [-0.05, 0) is 63.3 Å². The SMILES string of the molecule is CC(C)(C)OC(=O)N[C@H]1C[C@@H](N2CC3Cc4c(cnn4CCO)C3C2)CO[C@@H]1c1cc(F)ccc1F. The van der Waals surface area contributed by atoms with E-state index >= 15 is 0 Å². The Morgan fingerprint density at radius 3 is 2.83 bits per heavy atom. The zero-order chi connectivity index (χ0) is 25.6. The van der Waals surface area contributed by atoms with Gasteiger partial charge in [0.25, 0.3) is 0 Å². The summed E-state index contributed by atoms with van der Waals surface area (Å²) in [6.07, 6.45) is 1.93. The third-order valence-corrected chi connectivity index (χ3v) is 7.46. The molecule has 0 bridgehead atoms. The van der Waals surface area contributed by atoms with Crippen LogP contribution < -0.4 is 5.32 Å². The molecule has 2 fully saturated rings. The van der Waals surface area contributed by atoms with Crippen LogP contribution in [0.3, 0.4) is 0 Å². The van der Waals surface area contributed by atoms with E-state index in [2.05, 4.69) is 15.3 Å². The Kier molecular flexibility index (Phi) is 6.78. The molecule has 36 heavy (non-hydrogen) atoms. The van der Waals surface area contributed by atoms with Crippen LogP contribution in [-0.4, -0.2) is 69.9 Å². The number of hydrogen-bond acceptors (Lipinski definition) is 6. The third-order valence-electron chi connectivity index (χ3n) is 7.46. The number of fused-ring (bicyclic) bond motifs is 3. The fourth-order valence-electron chi connectivity index (χ4n) is 5.96. The third kappa shape index (κ3) is 4.99. The minimum Gasteiger partial charge on any atom is -0.444 e. The summed E-state index contributed by atoms with van der Waals surface area (Å²) in [5.41, 5.74) is 1.86. The monoisotopic (exact) mass is 504 g/mol. The zero-order valence-electron chi connectivity index (χ0n) is 20.9. The first-order valence-electron chi connectivity index (χ1n) is 12.6. The van der Waals surface area contributed by atoms with Crippen molar-refractivity contribution in [3.8, 4) is 0 Å². The van der Waals surface area contributed by atoms with Gasteiger partial charge < -0.3 is 19.9 Å². The highest BCUT2D eigenvalue weighted by molar-refractivity contribution is 5.68. The van der Waals surface area contributed by atoms with Crippen molar-refractivity contribution >= 4 is 6.09 Å². The van der Waals surface area contributed by atoms with Gasteiger partial charge in [-0.3, -0.25) is 9.58 Å². The van der Waals surface area contributed by atoms with Crippen LogP contribution in [0, 0.1) is 17.6 Å². The lowest BCUT2D eigenvalue weighted by Crippen LogP contribution is -2.52. The first-order chi connectivity index (χ1) is 17.1. The first-order valence-corrected chi connectivity index (χ1v) is 12.6. The summed E-state index contributed by atoms with van der Waals surface area (Å²) in [6, 6.07) is 2.72. The van der Waals surface area contributed by atoms with Gasteiger partial charge in [0.15, 0.2) is 0 Å². The number of aliphatic hydroxyl groups is 1. The van der Waals surface area contributed by atoms with Crippen LogP contribution in [0.25, 0.3) is 0 Å². The summed E-state index contributed by atoms with van der Waals surface area (Å²) < 4.78 is 42.1. The summed E-state index contributed by atoms with van der Waals surface area (Å²) in [6.45, 7) is 7.96. The highest BCUT2D eigenvalue weighted by atomic mass is 19.1. The van der Waals surface area contributed by atoms with E-state index in [9.17, 15) is 18.7 Å². The van der Waals surface area contributed by atoms with Gasteiger partial charge in [-0.2, -0.15) is 5.10 Å². The van der Waals surface area contributed by atoms with E-state index in [4.69, 9.17) is 9.47 Å². The number of ether oxygens (including phenoxy) is 2. The normalized spacial score (nSPS) is 28.1. The topological polar surface area (TPSA) is 88.9 Å². The van der Waals surface area contributed by atoms with Crippen LogP contribution >= 0.6 is 0 Å². The molecule has 1 aromatic heterocycles. The number of aliphatic hydroxyl groups excluding tert-OH is 1. The molecule has 1 aliphatic carbocycles. The number of nitrogens with one attached hydrogen (secondary N) is 1. The molecule has 5 atom stereocenters. The Morgan fingerprint density at radius 2 is 2.08 bits per heavy atom. The van der Waals surface area contributed by atoms with Gasteiger partial charge in [-0.25, -0.2) is 13.6 Å². The summed E-state index contributed by atoms with van der Waals surface area (Å²) in [5, 5.41) is 16.6. The molecular formula is C26H34F2N4O4. The van der Waals surface area contributed by atoms with Crippen molar-refractivity contribution in [2.24, 2.45) is 5.92 Å². The van der Waals surface area contributed by atoms with Gasteiger partial charge in [-0.15, -0.1) is 0 Å². The van der Waals surface area contributed by atoms with Crippen LogP contribution in [-0.2, 0) is 22.4 Å². The van der Waals surface area contributed by atoms with Crippen LogP contribution in [0.15, 0.2) is 24.4 Å². The fourth-order valence-corrected chi connectivity index (χ4v) is 5.96. The predicted octanol–water partition coefficient (Wildman–Crippen LogP) is 3.15. The maximum absolute atomic E-state index is 14.7. The quantitative estimate of drug-likeness (QED) is 0.651.